The Labute approximate surface area is 80.1 Å². The van der Waals surface area contributed by atoms with E-state index in [1.54, 1.807) is 0 Å². The van der Waals surface area contributed by atoms with E-state index in [0.717, 1.165) is 12.3 Å². The van der Waals surface area contributed by atoms with Crippen molar-refractivity contribution in [2.45, 2.75) is 51.5 Å². The van der Waals surface area contributed by atoms with Crippen LogP contribution in [0.1, 0.15) is 45.4 Å². The van der Waals surface area contributed by atoms with Gasteiger partial charge in [0, 0.05) is 12.5 Å². The van der Waals surface area contributed by atoms with Crippen molar-refractivity contribution in [3.05, 3.63) is 0 Å². The van der Waals surface area contributed by atoms with Crippen molar-refractivity contribution < 1.29 is 4.79 Å². The molecule has 0 aromatic heterocycles. The van der Waals surface area contributed by atoms with Crippen LogP contribution in [-0.2, 0) is 4.79 Å². The van der Waals surface area contributed by atoms with E-state index in [-0.39, 0.29) is 0 Å². The highest BCUT2D eigenvalue weighted by Gasteiger charge is 2.34. The molecule has 2 heteroatoms. The first-order valence-electron chi connectivity index (χ1n) is 5.55. The SMILES string of the molecule is CC1CC1CC(=O)NC1CCCC1. The van der Waals surface area contributed by atoms with Gasteiger partial charge in [0.05, 0.1) is 0 Å². The monoisotopic (exact) mass is 181 g/mol. The van der Waals surface area contributed by atoms with Gasteiger partial charge in [-0.3, -0.25) is 4.79 Å². The fourth-order valence-electron chi connectivity index (χ4n) is 2.28. The van der Waals surface area contributed by atoms with E-state index in [2.05, 4.69) is 12.2 Å². The summed E-state index contributed by atoms with van der Waals surface area (Å²) >= 11 is 0. The van der Waals surface area contributed by atoms with E-state index in [0.29, 0.717) is 17.9 Å². The molecule has 0 heterocycles. The van der Waals surface area contributed by atoms with Crippen molar-refractivity contribution in [1.82, 2.24) is 5.32 Å². The zero-order chi connectivity index (χ0) is 9.26. The minimum absolute atomic E-state index is 0.293. The molecule has 0 spiro atoms. The Morgan fingerprint density at radius 1 is 1.38 bits per heavy atom. The lowest BCUT2D eigenvalue weighted by Crippen LogP contribution is -2.32. The van der Waals surface area contributed by atoms with Gasteiger partial charge < -0.3 is 5.32 Å². The largest absolute Gasteiger partial charge is 0.353 e. The van der Waals surface area contributed by atoms with Crippen molar-refractivity contribution in [3.8, 4) is 0 Å². The van der Waals surface area contributed by atoms with Crippen LogP contribution in [0.5, 0.6) is 0 Å². The molecule has 2 rings (SSSR count). The van der Waals surface area contributed by atoms with Crippen molar-refractivity contribution in [3.63, 3.8) is 0 Å². The molecule has 1 N–H and O–H groups in total. The van der Waals surface area contributed by atoms with Gasteiger partial charge in [-0.15, -0.1) is 0 Å². The van der Waals surface area contributed by atoms with Crippen molar-refractivity contribution in [2.75, 3.05) is 0 Å². The van der Waals surface area contributed by atoms with Gasteiger partial charge in [0.2, 0.25) is 5.91 Å². The summed E-state index contributed by atoms with van der Waals surface area (Å²) in [5.41, 5.74) is 0. The van der Waals surface area contributed by atoms with Crippen LogP contribution in [0, 0.1) is 11.8 Å². The molecule has 2 aliphatic carbocycles. The van der Waals surface area contributed by atoms with E-state index >= 15 is 0 Å². The highest BCUT2D eigenvalue weighted by Crippen LogP contribution is 2.40. The maximum atomic E-state index is 11.5. The van der Waals surface area contributed by atoms with Crippen LogP contribution in [0.15, 0.2) is 0 Å². The second kappa shape index (κ2) is 3.69. The first-order chi connectivity index (χ1) is 6.25. The number of amides is 1. The molecule has 2 unspecified atom stereocenters. The number of carbonyl (C=O) groups excluding carboxylic acids is 1. The molecule has 0 aliphatic heterocycles. The first-order valence-corrected chi connectivity index (χ1v) is 5.55. The summed E-state index contributed by atoms with van der Waals surface area (Å²) in [7, 11) is 0. The fourth-order valence-corrected chi connectivity index (χ4v) is 2.28. The Morgan fingerprint density at radius 3 is 2.54 bits per heavy atom. The van der Waals surface area contributed by atoms with Crippen LogP contribution in [0.2, 0.25) is 0 Å². The lowest BCUT2D eigenvalue weighted by Gasteiger charge is -2.11. The second-order valence-corrected chi connectivity index (χ2v) is 4.73. The molecule has 2 fully saturated rings. The summed E-state index contributed by atoms with van der Waals surface area (Å²) in [6.07, 6.45) is 7.03. The molecule has 0 bridgehead atoms. The Hall–Kier alpha value is -0.530. The molecule has 74 valence electrons. The quantitative estimate of drug-likeness (QED) is 0.709. The van der Waals surface area contributed by atoms with Crippen molar-refractivity contribution in [1.29, 1.82) is 0 Å². The van der Waals surface area contributed by atoms with Crippen LogP contribution in [0.4, 0.5) is 0 Å². The van der Waals surface area contributed by atoms with Gasteiger partial charge >= 0.3 is 0 Å². The smallest absolute Gasteiger partial charge is 0.220 e. The number of carbonyl (C=O) groups is 1. The van der Waals surface area contributed by atoms with Crippen LogP contribution in [-0.4, -0.2) is 11.9 Å². The maximum absolute atomic E-state index is 11.5. The molecule has 1 amide bonds. The summed E-state index contributed by atoms with van der Waals surface area (Å²) in [4.78, 5) is 11.5. The molecule has 2 nitrogen and oxygen atoms in total. The highest BCUT2D eigenvalue weighted by molar-refractivity contribution is 5.76. The predicted molar refractivity (Wildman–Crippen MR) is 52.3 cm³/mol. The van der Waals surface area contributed by atoms with Crippen LogP contribution in [0.3, 0.4) is 0 Å². The molecule has 0 radical (unpaired) electrons. The van der Waals surface area contributed by atoms with Crippen molar-refractivity contribution >= 4 is 5.91 Å². The highest BCUT2D eigenvalue weighted by atomic mass is 16.1. The number of nitrogens with one attached hydrogen (secondary N) is 1. The zero-order valence-electron chi connectivity index (χ0n) is 8.38. The third kappa shape index (κ3) is 2.45. The lowest BCUT2D eigenvalue weighted by molar-refractivity contribution is -0.122. The summed E-state index contributed by atoms with van der Waals surface area (Å²) in [5.74, 6) is 1.79. The predicted octanol–water partition coefficient (Wildman–Crippen LogP) is 2.09. The number of hydrogen-bond donors (Lipinski definition) is 1. The van der Waals surface area contributed by atoms with Gasteiger partial charge in [0.25, 0.3) is 0 Å². The second-order valence-electron chi connectivity index (χ2n) is 4.73. The Morgan fingerprint density at radius 2 is 2.00 bits per heavy atom. The summed E-state index contributed by atoms with van der Waals surface area (Å²) < 4.78 is 0. The molecule has 2 aliphatic rings. The van der Waals surface area contributed by atoms with Crippen molar-refractivity contribution in [2.24, 2.45) is 11.8 Å². The summed E-state index contributed by atoms with van der Waals surface area (Å²) in [6.45, 7) is 2.23. The standard InChI is InChI=1S/C11H19NO/c1-8-6-9(8)7-11(13)12-10-4-2-3-5-10/h8-10H,2-7H2,1H3,(H,12,13). The van der Waals surface area contributed by atoms with Gasteiger partial charge in [-0.05, 0) is 31.1 Å². The molecular formula is C11H19NO. The summed E-state index contributed by atoms with van der Waals surface area (Å²) in [5, 5.41) is 3.13. The molecule has 0 saturated heterocycles. The zero-order valence-corrected chi connectivity index (χ0v) is 8.38. The van der Waals surface area contributed by atoms with Gasteiger partial charge in [-0.25, -0.2) is 0 Å². The lowest BCUT2D eigenvalue weighted by atomic mass is 10.2. The number of rotatable bonds is 3. The Balaban J connectivity index is 1.66. The normalized spacial score (nSPS) is 33.3. The minimum atomic E-state index is 0.293. The molecule has 0 aromatic carbocycles. The van der Waals surface area contributed by atoms with Gasteiger partial charge in [-0.1, -0.05) is 19.8 Å². The van der Waals surface area contributed by atoms with Crippen LogP contribution < -0.4 is 5.32 Å². The third-order valence-corrected chi connectivity index (χ3v) is 3.44. The topological polar surface area (TPSA) is 29.1 Å². The summed E-state index contributed by atoms with van der Waals surface area (Å²) in [6, 6.07) is 0.501. The molecule has 2 saturated carbocycles. The average Bonchev–Trinajstić information content (AvgIpc) is 2.61. The molecule has 0 aromatic rings. The van der Waals surface area contributed by atoms with E-state index < -0.39 is 0 Å². The van der Waals surface area contributed by atoms with Crippen LogP contribution >= 0.6 is 0 Å². The first kappa shape index (κ1) is 9.04. The van der Waals surface area contributed by atoms with E-state index in [9.17, 15) is 4.79 Å². The Bertz CT molecular complexity index is 196. The third-order valence-electron chi connectivity index (χ3n) is 3.44. The average molecular weight is 181 g/mol. The van der Waals surface area contributed by atoms with E-state index in [1.807, 2.05) is 0 Å². The fraction of sp³-hybridized carbons (Fsp3) is 0.909. The molecular weight excluding hydrogens is 162 g/mol. The van der Waals surface area contributed by atoms with Gasteiger partial charge in [-0.2, -0.15) is 0 Å². The number of hydrogen-bond acceptors (Lipinski definition) is 1. The van der Waals surface area contributed by atoms with Crippen LogP contribution in [0.25, 0.3) is 0 Å². The molecule has 13 heavy (non-hydrogen) atoms. The van der Waals surface area contributed by atoms with E-state index in [4.69, 9.17) is 0 Å². The van der Waals surface area contributed by atoms with Gasteiger partial charge in [0.15, 0.2) is 0 Å². The van der Waals surface area contributed by atoms with E-state index in [1.165, 1.54) is 32.1 Å². The minimum Gasteiger partial charge on any atom is -0.353 e. The maximum Gasteiger partial charge on any atom is 0.220 e. The Kier molecular flexibility index (Phi) is 2.56. The van der Waals surface area contributed by atoms with Gasteiger partial charge in [0.1, 0.15) is 0 Å². The molecule has 2 atom stereocenters.